The third kappa shape index (κ3) is 3.97. The van der Waals surface area contributed by atoms with Gasteiger partial charge in [-0.2, -0.15) is 0 Å². The van der Waals surface area contributed by atoms with E-state index in [4.69, 9.17) is 0 Å². The van der Waals surface area contributed by atoms with E-state index in [0.717, 1.165) is 13.1 Å². The molecule has 16 heavy (non-hydrogen) atoms. The summed E-state index contributed by atoms with van der Waals surface area (Å²) in [6, 6.07) is 0.572. The van der Waals surface area contributed by atoms with Crippen LogP contribution in [0.15, 0.2) is 12.5 Å². The van der Waals surface area contributed by atoms with Crippen molar-refractivity contribution in [2.24, 2.45) is 0 Å². The summed E-state index contributed by atoms with van der Waals surface area (Å²) in [7, 11) is 0. The summed E-state index contributed by atoms with van der Waals surface area (Å²) in [5.74, 6) is 0. The maximum Gasteiger partial charge on any atom is 0.0951 e. The molecule has 0 fully saturated rings. The van der Waals surface area contributed by atoms with E-state index in [2.05, 4.69) is 35.6 Å². The van der Waals surface area contributed by atoms with Gasteiger partial charge in [0.1, 0.15) is 0 Å². The number of hydrogen-bond acceptors (Lipinski definition) is 2. The largest absolute Gasteiger partial charge is 0.331 e. The second kappa shape index (κ2) is 7.44. The van der Waals surface area contributed by atoms with Gasteiger partial charge in [0, 0.05) is 18.8 Å². The summed E-state index contributed by atoms with van der Waals surface area (Å²) < 4.78 is 2.30. The molecule has 0 bridgehead atoms. The summed E-state index contributed by atoms with van der Waals surface area (Å²) in [5.41, 5.74) is 1.30. The SMILES string of the molecule is CCCCCC(C)n1cncc1CNCC. The Morgan fingerprint density at radius 2 is 2.19 bits per heavy atom. The fourth-order valence-corrected chi connectivity index (χ4v) is 1.95. The van der Waals surface area contributed by atoms with Crippen LogP contribution in [0.2, 0.25) is 0 Å². The van der Waals surface area contributed by atoms with Gasteiger partial charge in [-0.1, -0.05) is 33.1 Å². The van der Waals surface area contributed by atoms with Crippen LogP contribution in [0, 0.1) is 0 Å². The van der Waals surface area contributed by atoms with Crippen molar-refractivity contribution in [3.8, 4) is 0 Å². The van der Waals surface area contributed by atoms with Crippen molar-refractivity contribution in [2.75, 3.05) is 6.54 Å². The molecule has 1 unspecified atom stereocenters. The van der Waals surface area contributed by atoms with Crippen LogP contribution < -0.4 is 5.32 Å². The first kappa shape index (κ1) is 13.2. The Bertz CT molecular complexity index is 280. The van der Waals surface area contributed by atoms with Crippen molar-refractivity contribution < 1.29 is 0 Å². The van der Waals surface area contributed by atoms with Crippen LogP contribution >= 0.6 is 0 Å². The molecule has 0 aromatic carbocycles. The molecule has 1 aromatic rings. The van der Waals surface area contributed by atoms with E-state index in [1.165, 1.54) is 31.4 Å². The predicted octanol–water partition coefficient (Wildman–Crippen LogP) is 3.13. The van der Waals surface area contributed by atoms with Crippen LogP contribution in [0.4, 0.5) is 0 Å². The molecule has 0 aliphatic heterocycles. The van der Waals surface area contributed by atoms with E-state index in [1.807, 2.05) is 12.5 Å². The van der Waals surface area contributed by atoms with Crippen LogP contribution in [-0.4, -0.2) is 16.1 Å². The van der Waals surface area contributed by atoms with Crippen molar-refractivity contribution >= 4 is 0 Å². The van der Waals surface area contributed by atoms with Crippen LogP contribution in [0.3, 0.4) is 0 Å². The van der Waals surface area contributed by atoms with E-state index in [-0.39, 0.29) is 0 Å². The average Bonchev–Trinajstić information content (AvgIpc) is 2.74. The zero-order valence-electron chi connectivity index (χ0n) is 10.9. The Labute approximate surface area is 99.3 Å². The predicted molar refractivity (Wildman–Crippen MR) is 68.5 cm³/mol. The minimum Gasteiger partial charge on any atom is -0.331 e. The Kier molecular flexibility index (Phi) is 6.16. The Morgan fingerprint density at radius 3 is 2.88 bits per heavy atom. The third-order valence-corrected chi connectivity index (χ3v) is 3.00. The van der Waals surface area contributed by atoms with Crippen molar-refractivity contribution in [3.63, 3.8) is 0 Å². The van der Waals surface area contributed by atoms with Gasteiger partial charge in [-0.15, -0.1) is 0 Å². The zero-order chi connectivity index (χ0) is 11.8. The van der Waals surface area contributed by atoms with Gasteiger partial charge in [-0.3, -0.25) is 0 Å². The molecule has 0 aliphatic rings. The molecular formula is C13H25N3. The fourth-order valence-electron chi connectivity index (χ4n) is 1.95. The summed E-state index contributed by atoms with van der Waals surface area (Å²) in [6.45, 7) is 8.60. The molecule has 0 aliphatic carbocycles. The van der Waals surface area contributed by atoms with Gasteiger partial charge in [0.25, 0.3) is 0 Å². The van der Waals surface area contributed by atoms with Crippen molar-refractivity contribution in [1.82, 2.24) is 14.9 Å². The van der Waals surface area contributed by atoms with E-state index >= 15 is 0 Å². The molecule has 0 radical (unpaired) electrons. The highest BCUT2D eigenvalue weighted by Gasteiger charge is 2.08. The fraction of sp³-hybridized carbons (Fsp3) is 0.769. The summed E-state index contributed by atoms with van der Waals surface area (Å²) in [4.78, 5) is 4.25. The van der Waals surface area contributed by atoms with E-state index in [9.17, 15) is 0 Å². The molecule has 0 amide bonds. The molecule has 1 atom stereocenters. The maximum atomic E-state index is 4.25. The second-order valence-electron chi connectivity index (χ2n) is 4.42. The van der Waals surface area contributed by atoms with Crippen LogP contribution in [-0.2, 0) is 6.54 Å². The van der Waals surface area contributed by atoms with E-state index in [1.54, 1.807) is 0 Å². The molecule has 0 spiro atoms. The highest BCUT2D eigenvalue weighted by molar-refractivity contribution is 4.99. The minimum absolute atomic E-state index is 0.572. The van der Waals surface area contributed by atoms with Crippen LogP contribution in [0.1, 0.15) is 58.2 Å². The molecule has 1 aromatic heterocycles. The number of aromatic nitrogens is 2. The molecule has 0 saturated carbocycles. The lowest BCUT2D eigenvalue weighted by Gasteiger charge is -2.16. The lowest BCUT2D eigenvalue weighted by Crippen LogP contribution is -2.16. The lowest BCUT2D eigenvalue weighted by atomic mass is 10.1. The smallest absolute Gasteiger partial charge is 0.0951 e. The first-order valence-corrected chi connectivity index (χ1v) is 6.51. The number of hydrogen-bond donors (Lipinski definition) is 1. The average molecular weight is 223 g/mol. The second-order valence-corrected chi connectivity index (χ2v) is 4.42. The minimum atomic E-state index is 0.572. The normalized spacial score (nSPS) is 12.9. The first-order valence-electron chi connectivity index (χ1n) is 6.51. The Morgan fingerprint density at radius 1 is 1.38 bits per heavy atom. The monoisotopic (exact) mass is 223 g/mol. The maximum absolute atomic E-state index is 4.25. The number of nitrogens with one attached hydrogen (secondary N) is 1. The molecular weight excluding hydrogens is 198 g/mol. The molecule has 0 saturated heterocycles. The standard InChI is InChI=1S/C13H25N3/c1-4-6-7-8-12(3)16-11-15-10-13(16)9-14-5-2/h10-12,14H,4-9H2,1-3H3. The zero-order valence-corrected chi connectivity index (χ0v) is 10.9. The third-order valence-electron chi connectivity index (χ3n) is 3.00. The molecule has 92 valence electrons. The molecule has 1 heterocycles. The van der Waals surface area contributed by atoms with E-state index in [0.29, 0.717) is 6.04 Å². The molecule has 1 N–H and O–H groups in total. The van der Waals surface area contributed by atoms with Gasteiger partial charge in [-0.25, -0.2) is 4.98 Å². The Balaban J connectivity index is 2.46. The quantitative estimate of drug-likeness (QED) is 0.686. The number of rotatable bonds is 8. The van der Waals surface area contributed by atoms with Gasteiger partial charge >= 0.3 is 0 Å². The summed E-state index contributed by atoms with van der Waals surface area (Å²) >= 11 is 0. The van der Waals surface area contributed by atoms with Gasteiger partial charge in [0.05, 0.1) is 12.0 Å². The summed E-state index contributed by atoms with van der Waals surface area (Å²) in [5, 5.41) is 3.35. The van der Waals surface area contributed by atoms with Crippen molar-refractivity contribution in [2.45, 2.75) is 59.0 Å². The number of nitrogens with zero attached hydrogens (tertiary/aromatic N) is 2. The van der Waals surface area contributed by atoms with Gasteiger partial charge in [0.15, 0.2) is 0 Å². The highest BCUT2D eigenvalue weighted by Crippen LogP contribution is 2.17. The van der Waals surface area contributed by atoms with Crippen LogP contribution in [0.5, 0.6) is 0 Å². The van der Waals surface area contributed by atoms with Crippen molar-refractivity contribution in [3.05, 3.63) is 18.2 Å². The Hall–Kier alpha value is -0.830. The van der Waals surface area contributed by atoms with Crippen LogP contribution in [0.25, 0.3) is 0 Å². The number of unbranched alkanes of at least 4 members (excludes halogenated alkanes) is 2. The molecule has 1 rings (SSSR count). The van der Waals surface area contributed by atoms with Crippen molar-refractivity contribution in [1.29, 1.82) is 0 Å². The van der Waals surface area contributed by atoms with Gasteiger partial charge in [0.2, 0.25) is 0 Å². The van der Waals surface area contributed by atoms with Gasteiger partial charge in [-0.05, 0) is 19.9 Å². The molecule has 3 heteroatoms. The topological polar surface area (TPSA) is 29.9 Å². The summed E-state index contributed by atoms with van der Waals surface area (Å²) in [6.07, 6.45) is 9.13. The molecule has 3 nitrogen and oxygen atoms in total. The van der Waals surface area contributed by atoms with E-state index < -0.39 is 0 Å². The highest BCUT2D eigenvalue weighted by atomic mass is 15.1. The first-order chi connectivity index (χ1) is 7.79. The van der Waals surface area contributed by atoms with Gasteiger partial charge < -0.3 is 9.88 Å². The number of imidazole rings is 1. The lowest BCUT2D eigenvalue weighted by molar-refractivity contribution is 0.459.